The van der Waals surface area contributed by atoms with E-state index in [0.717, 1.165) is 25.2 Å². The van der Waals surface area contributed by atoms with Crippen molar-refractivity contribution in [1.82, 2.24) is 4.90 Å². The maximum atomic E-state index is 12.6. The maximum Gasteiger partial charge on any atom is 0.255 e. The number of rotatable bonds is 6. The number of hydrogen-bond acceptors (Lipinski definition) is 5. The smallest absolute Gasteiger partial charge is 0.255 e. The van der Waals surface area contributed by atoms with Crippen molar-refractivity contribution < 1.29 is 19.1 Å². The summed E-state index contributed by atoms with van der Waals surface area (Å²) in [5.41, 5.74) is 2.11. The van der Waals surface area contributed by atoms with Crippen LogP contribution in [0.5, 0.6) is 11.5 Å². The molecule has 0 atom stereocenters. The molecule has 1 N–H and O–H groups in total. The van der Waals surface area contributed by atoms with Crippen LogP contribution in [0.1, 0.15) is 10.4 Å². The highest BCUT2D eigenvalue weighted by molar-refractivity contribution is 6.05. The summed E-state index contributed by atoms with van der Waals surface area (Å²) in [4.78, 5) is 27.4. The minimum absolute atomic E-state index is 0.223. The summed E-state index contributed by atoms with van der Waals surface area (Å²) in [5, 5.41) is 2.92. The van der Waals surface area contributed by atoms with E-state index in [-0.39, 0.29) is 5.91 Å². The fourth-order valence-electron chi connectivity index (χ4n) is 3.01. The average molecular weight is 369 g/mol. The number of carbonyl (C=O) groups is 2. The molecule has 1 fully saturated rings. The molecule has 0 radical (unpaired) electrons. The van der Waals surface area contributed by atoms with Crippen LogP contribution in [0.2, 0.25) is 0 Å². The van der Waals surface area contributed by atoms with E-state index in [0.29, 0.717) is 35.8 Å². The fraction of sp³-hybridized carbons (Fsp3) is 0.300. The van der Waals surface area contributed by atoms with Gasteiger partial charge in [-0.2, -0.15) is 0 Å². The van der Waals surface area contributed by atoms with Gasteiger partial charge < -0.3 is 24.6 Å². The number of piperazine rings is 1. The summed E-state index contributed by atoms with van der Waals surface area (Å²) >= 11 is 0. The molecule has 0 saturated carbocycles. The zero-order valence-electron chi connectivity index (χ0n) is 15.5. The van der Waals surface area contributed by atoms with Gasteiger partial charge in [0, 0.05) is 37.4 Å². The Hall–Kier alpha value is -3.22. The van der Waals surface area contributed by atoms with Gasteiger partial charge in [-0.25, -0.2) is 0 Å². The molecule has 0 aliphatic carbocycles. The van der Waals surface area contributed by atoms with Gasteiger partial charge in [0.05, 0.1) is 19.9 Å². The van der Waals surface area contributed by atoms with Crippen LogP contribution in [0.4, 0.5) is 11.4 Å². The van der Waals surface area contributed by atoms with E-state index >= 15 is 0 Å². The molecule has 142 valence electrons. The van der Waals surface area contributed by atoms with E-state index in [1.807, 2.05) is 18.2 Å². The van der Waals surface area contributed by atoms with Gasteiger partial charge in [-0.15, -0.1) is 0 Å². The van der Waals surface area contributed by atoms with Crippen LogP contribution in [0.3, 0.4) is 0 Å². The molecule has 27 heavy (non-hydrogen) atoms. The number of hydrogen-bond donors (Lipinski definition) is 1. The molecule has 1 aliphatic heterocycles. The first-order chi connectivity index (χ1) is 13.1. The quantitative estimate of drug-likeness (QED) is 0.791. The van der Waals surface area contributed by atoms with Crippen LogP contribution in [-0.2, 0) is 4.79 Å². The number of methoxy groups -OCH3 is 2. The molecule has 7 nitrogen and oxygen atoms in total. The van der Waals surface area contributed by atoms with E-state index in [2.05, 4.69) is 10.2 Å². The van der Waals surface area contributed by atoms with Crippen LogP contribution in [-0.4, -0.2) is 57.6 Å². The second kappa shape index (κ2) is 8.44. The van der Waals surface area contributed by atoms with Crippen molar-refractivity contribution in [1.29, 1.82) is 0 Å². The van der Waals surface area contributed by atoms with Gasteiger partial charge in [-0.3, -0.25) is 9.59 Å². The Balaban J connectivity index is 1.77. The molecular formula is C20H23N3O4. The van der Waals surface area contributed by atoms with E-state index in [4.69, 9.17) is 9.47 Å². The molecule has 0 spiro atoms. The first-order valence-electron chi connectivity index (χ1n) is 8.72. The summed E-state index contributed by atoms with van der Waals surface area (Å²) < 4.78 is 10.5. The lowest BCUT2D eigenvalue weighted by Crippen LogP contribution is -2.45. The van der Waals surface area contributed by atoms with Gasteiger partial charge in [0.2, 0.25) is 6.41 Å². The van der Waals surface area contributed by atoms with Gasteiger partial charge >= 0.3 is 0 Å². The minimum Gasteiger partial charge on any atom is -0.497 e. The van der Waals surface area contributed by atoms with Crippen LogP contribution >= 0.6 is 0 Å². The molecule has 2 aromatic rings. The number of carbonyl (C=O) groups excluding carboxylic acids is 2. The summed E-state index contributed by atoms with van der Waals surface area (Å²) in [5.74, 6) is 1.06. The van der Waals surface area contributed by atoms with Crippen LogP contribution in [0, 0.1) is 0 Å². The normalized spacial score (nSPS) is 13.9. The monoisotopic (exact) mass is 369 g/mol. The standard InChI is InChI=1S/C20H23N3O4/c1-26-17-6-3-15(4-7-17)20(25)21-18-13-16(5-8-19(18)27-2)23-11-9-22(14-24)10-12-23/h3-8,13-14H,9-12H2,1-2H3,(H,21,25). The van der Waals surface area contributed by atoms with Crippen LogP contribution < -0.4 is 19.7 Å². The van der Waals surface area contributed by atoms with Crippen LogP contribution in [0.15, 0.2) is 42.5 Å². The number of nitrogens with one attached hydrogen (secondary N) is 1. The third-order valence-electron chi connectivity index (χ3n) is 4.61. The highest BCUT2D eigenvalue weighted by Gasteiger charge is 2.18. The largest absolute Gasteiger partial charge is 0.497 e. The van der Waals surface area contributed by atoms with Crippen molar-refractivity contribution in [3.8, 4) is 11.5 Å². The maximum absolute atomic E-state index is 12.6. The summed E-state index contributed by atoms with van der Waals surface area (Å²) in [6, 6.07) is 12.6. The highest BCUT2D eigenvalue weighted by Crippen LogP contribution is 2.30. The number of anilines is 2. The van der Waals surface area contributed by atoms with E-state index in [1.165, 1.54) is 0 Å². The van der Waals surface area contributed by atoms with E-state index in [1.54, 1.807) is 43.4 Å². The van der Waals surface area contributed by atoms with Crippen molar-refractivity contribution in [2.45, 2.75) is 0 Å². The van der Waals surface area contributed by atoms with Gasteiger partial charge in [-0.1, -0.05) is 0 Å². The number of benzene rings is 2. The van der Waals surface area contributed by atoms with Crippen molar-refractivity contribution in [2.75, 3.05) is 50.6 Å². The molecule has 0 bridgehead atoms. The lowest BCUT2D eigenvalue weighted by molar-refractivity contribution is -0.118. The van der Waals surface area contributed by atoms with Crippen molar-refractivity contribution in [3.05, 3.63) is 48.0 Å². The van der Waals surface area contributed by atoms with E-state index < -0.39 is 0 Å². The number of amides is 2. The lowest BCUT2D eigenvalue weighted by atomic mass is 10.1. The fourth-order valence-corrected chi connectivity index (χ4v) is 3.01. The van der Waals surface area contributed by atoms with Gasteiger partial charge in [0.15, 0.2) is 0 Å². The first kappa shape index (κ1) is 18.6. The summed E-state index contributed by atoms with van der Waals surface area (Å²) in [6.07, 6.45) is 0.881. The molecule has 0 unspecified atom stereocenters. The third kappa shape index (κ3) is 4.31. The molecule has 1 heterocycles. The van der Waals surface area contributed by atoms with Gasteiger partial charge in [0.25, 0.3) is 5.91 Å². The zero-order chi connectivity index (χ0) is 19.2. The second-order valence-corrected chi connectivity index (χ2v) is 6.20. The molecule has 1 saturated heterocycles. The second-order valence-electron chi connectivity index (χ2n) is 6.20. The SMILES string of the molecule is COc1ccc(C(=O)Nc2cc(N3CCN(C=O)CC3)ccc2OC)cc1. The van der Waals surface area contributed by atoms with Crippen molar-refractivity contribution >= 4 is 23.7 Å². The Morgan fingerprint density at radius 1 is 1.00 bits per heavy atom. The Bertz CT molecular complexity index is 799. The Kier molecular flexibility index (Phi) is 5.80. The summed E-state index contributed by atoms with van der Waals surface area (Å²) in [6.45, 7) is 2.86. The molecule has 0 aromatic heterocycles. The molecule has 1 aliphatic rings. The highest BCUT2D eigenvalue weighted by atomic mass is 16.5. The predicted molar refractivity (Wildman–Crippen MR) is 104 cm³/mol. The first-order valence-corrected chi connectivity index (χ1v) is 8.72. The van der Waals surface area contributed by atoms with E-state index in [9.17, 15) is 9.59 Å². The van der Waals surface area contributed by atoms with Crippen LogP contribution in [0.25, 0.3) is 0 Å². The number of nitrogens with zero attached hydrogens (tertiary/aromatic N) is 2. The van der Waals surface area contributed by atoms with Gasteiger partial charge in [-0.05, 0) is 42.5 Å². The molecule has 3 rings (SSSR count). The minimum atomic E-state index is -0.223. The molecule has 7 heteroatoms. The molecule has 2 aromatic carbocycles. The predicted octanol–water partition coefficient (Wildman–Crippen LogP) is 2.23. The van der Waals surface area contributed by atoms with Crippen molar-refractivity contribution in [2.24, 2.45) is 0 Å². The van der Waals surface area contributed by atoms with Gasteiger partial charge in [0.1, 0.15) is 11.5 Å². The molecular weight excluding hydrogens is 346 g/mol. The molecule has 2 amide bonds. The zero-order valence-corrected chi connectivity index (χ0v) is 15.5. The topological polar surface area (TPSA) is 71.1 Å². The summed E-state index contributed by atoms with van der Waals surface area (Å²) in [7, 11) is 3.15. The number of ether oxygens (including phenoxy) is 2. The van der Waals surface area contributed by atoms with Crippen molar-refractivity contribution in [3.63, 3.8) is 0 Å². The Morgan fingerprint density at radius 3 is 2.30 bits per heavy atom. The lowest BCUT2D eigenvalue weighted by Gasteiger charge is -2.34. The Morgan fingerprint density at radius 2 is 1.70 bits per heavy atom. The average Bonchev–Trinajstić information content (AvgIpc) is 2.73. The third-order valence-corrected chi connectivity index (χ3v) is 4.61. The Labute approximate surface area is 158 Å².